The molecule has 0 saturated carbocycles. The zero-order valence-corrected chi connectivity index (χ0v) is 14.5. The third kappa shape index (κ3) is 3.59. The van der Waals surface area contributed by atoms with Crippen LogP contribution in [0.2, 0.25) is 0 Å². The van der Waals surface area contributed by atoms with Gasteiger partial charge in [-0.2, -0.15) is 10.3 Å². The summed E-state index contributed by atoms with van der Waals surface area (Å²) in [5.74, 6) is 1.33. The SMILES string of the molecule is CCn1c([C@H]2CCCN(C(=O)CCc3cc(=O)[nH]o3)C2)nn(C)c1=O. The van der Waals surface area contributed by atoms with Crippen molar-refractivity contribution in [2.45, 2.75) is 45.1 Å². The van der Waals surface area contributed by atoms with Crippen molar-refractivity contribution >= 4 is 5.91 Å². The number of H-pyrrole nitrogens is 1. The molecule has 0 bridgehead atoms. The topological polar surface area (TPSA) is 106 Å². The average Bonchev–Trinajstić information content (AvgIpc) is 3.16. The first-order valence-electron chi connectivity index (χ1n) is 8.58. The van der Waals surface area contributed by atoms with E-state index < -0.39 is 0 Å². The van der Waals surface area contributed by atoms with Gasteiger partial charge in [0.25, 0.3) is 5.56 Å². The van der Waals surface area contributed by atoms with Crippen molar-refractivity contribution in [3.05, 3.63) is 38.5 Å². The summed E-state index contributed by atoms with van der Waals surface area (Å²) in [5, 5.41) is 6.59. The molecule has 1 atom stereocenters. The number of piperidine rings is 1. The van der Waals surface area contributed by atoms with Crippen LogP contribution in [0.5, 0.6) is 0 Å². The number of amides is 1. The van der Waals surface area contributed by atoms with Crippen LogP contribution in [-0.4, -0.2) is 43.4 Å². The number of carbonyl (C=O) groups is 1. The highest BCUT2D eigenvalue weighted by atomic mass is 16.5. The zero-order valence-electron chi connectivity index (χ0n) is 14.5. The van der Waals surface area contributed by atoms with Crippen LogP contribution in [0.4, 0.5) is 0 Å². The van der Waals surface area contributed by atoms with E-state index in [1.54, 1.807) is 11.6 Å². The maximum absolute atomic E-state index is 12.5. The lowest BCUT2D eigenvalue weighted by Gasteiger charge is -2.32. The number of aromatic nitrogens is 4. The highest BCUT2D eigenvalue weighted by Crippen LogP contribution is 2.25. The lowest BCUT2D eigenvalue weighted by atomic mass is 9.96. The average molecular weight is 349 g/mol. The minimum Gasteiger partial charge on any atom is -0.384 e. The Bertz CT molecular complexity index is 858. The first kappa shape index (κ1) is 17.2. The van der Waals surface area contributed by atoms with E-state index in [9.17, 15) is 14.4 Å². The molecule has 0 unspecified atom stereocenters. The summed E-state index contributed by atoms with van der Waals surface area (Å²) in [6, 6.07) is 1.36. The number of hydrogen-bond acceptors (Lipinski definition) is 5. The van der Waals surface area contributed by atoms with E-state index in [4.69, 9.17) is 4.52 Å². The van der Waals surface area contributed by atoms with Gasteiger partial charge in [0.1, 0.15) is 11.6 Å². The Hall–Kier alpha value is -2.58. The van der Waals surface area contributed by atoms with Crippen LogP contribution < -0.4 is 11.2 Å². The molecule has 9 heteroatoms. The Kier molecular flexibility index (Phi) is 4.91. The van der Waals surface area contributed by atoms with E-state index in [1.165, 1.54) is 10.7 Å². The van der Waals surface area contributed by atoms with E-state index >= 15 is 0 Å². The van der Waals surface area contributed by atoms with Crippen LogP contribution in [0.1, 0.15) is 43.7 Å². The van der Waals surface area contributed by atoms with Gasteiger partial charge >= 0.3 is 5.69 Å². The number of aryl methyl sites for hydroxylation is 2. The number of carbonyl (C=O) groups excluding carboxylic acids is 1. The summed E-state index contributed by atoms with van der Waals surface area (Å²) in [7, 11) is 1.65. The fraction of sp³-hybridized carbons (Fsp3) is 0.625. The number of nitrogens with zero attached hydrogens (tertiary/aromatic N) is 4. The number of hydrogen-bond donors (Lipinski definition) is 1. The second kappa shape index (κ2) is 7.12. The molecule has 2 aromatic rings. The Labute approximate surface area is 144 Å². The first-order chi connectivity index (χ1) is 12.0. The molecular formula is C16H23N5O4. The molecule has 25 heavy (non-hydrogen) atoms. The molecular weight excluding hydrogens is 326 g/mol. The third-order valence-corrected chi connectivity index (χ3v) is 4.65. The summed E-state index contributed by atoms with van der Waals surface area (Å²) >= 11 is 0. The predicted molar refractivity (Wildman–Crippen MR) is 89.3 cm³/mol. The van der Waals surface area contributed by atoms with Crippen LogP contribution in [-0.2, 0) is 24.8 Å². The molecule has 0 aliphatic carbocycles. The third-order valence-electron chi connectivity index (χ3n) is 4.65. The zero-order chi connectivity index (χ0) is 18.0. The highest BCUT2D eigenvalue weighted by molar-refractivity contribution is 5.76. The number of nitrogens with one attached hydrogen (secondary N) is 1. The normalized spacial score (nSPS) is 17.8. The van der Waals surface area contributed by atoms with Gasteiger partial charge in [-0.3, -0.25) is 14.2 Å². The number of likely N-dealkylation sites (tertiary alicyclic amines) is 1. The van der Waals surface area contributed by atoms with Crippen molar-refractivity contribution in [2.75, 3.05) is 13.1 Å². The van der Waals surface area contributed by atoms with Gasteiger partial charge < -0.3 is 9.42 Å². The Morgan fingerprint density at radius 1 is 1.44 bits per heavy atom. The van der Waals surface area contributed by atoms with Crippen molar-refractivity contribution in [2.24, 2.45) is 7.05 Å². The van der Waals surface area contributed by atoms with E-state index in [1.807, 2.05) is 11.8 Å². The molecule has 1 amide bonds. The van der Waals surface area contributed by atoms with Gasteiger partial charge in [0, 0.05) is 51.5 Å². The molecule has 9 nitrogen and oxygen atoms in total. The van der Waals surface area contributed by atoms with Crippen LogP contribution in [0, 0.1) is 0 Å². The van der Waals surface area contributed by atoms with Gasteiger partial charge in [-0.15, -0.1) is 0 Å². The van der Waals surface area contributed by atoms with Gasteiger partial charge in [0.05, 0.1) is 0 Å². The fourth-order valence-electron chi connectivity index (χ4n) is 3.37. The first-order valence-corrected chi connectivity index (χ1v) is 8.58. The van der Waals surface area contributed by atoms with Gasteiger partial charge in [0.15, 0.2) is 0 Å². The maximum Gasteiger partial charge on any atom is 0.345 e. The monoisotopic (exact) mass is 349 g/mol. The van der Waals surface area contributed by atoms with Gasteiger partial charge in [-0.25, -0.2) is 9.48 Å². The van der Waals surface area contributed by atoms with Gasteiger partial charge in [0.2, 0.25) is 5.91 Å². The van der Waals surface area contributed by atoms with E-state index in [2.05, 4.69) is 10.3 Å². The molecule has 1 saturated heterocycles. The molecule has 3 heterocycles. The molecule has 3 rings (SSSR count). The van der Waals surface area contributed by atoms with E-state index in [0.29, 0.717) is 31.8 Å². The summed E-state index contributed by atoms with van der Waals surface area (Å²) in [6.45, 7) is 3.75. The molecule has 1 fully saturated rings. The molecule has 1 N–H and O–H groups in total. The highest BCUT2D eigenvalue weighted by Gasteiger charge is 2.28. The lowest BCUT2D eigenvalue weighted by molar-refractivity contribution is -0.132. The standard InChI is InChI=1S/C16H23N5O4/c1-3-21-15(17-19(2)16(21)24)11-5-4-8-20(10-11)14(23)7-6-12-9-13(22)18-25-12/h9,11H,3-8,10H2,1-2H3,(H,18,22)/t11-/m0/s1. The van der Waals surface area contributed by atoms with Crippen LogP contribution in [0.15, 0.2) is 20.2 Å². The minimum absolute atomic E-state index is 0.0230. The molecule has 0 spiro atoms. The summed E-state index contributed by atoms with van der Waals surface area (Å²) in [5.41, 5.74) is -0.420. The Balaban J connectivity index is 1.66. The summed E-state index contributed by atoms with van der Waals surface area (Å²) in [6.07, 6.45) is 2.47. The van der Waals surface area contributed by atoms with Gasteiger partial charge in [-0.1, -0.05) is 0 Å². The predicted octanol–water partition coefficient (Wildman–Crippen LogP) is 0.222. The van der Waals surface area contributed by atoms with Crippen LogP contribution >= 0.6 is 0 Å². The van der Waals surface area contributed by atoms with Crippen molar-refractivity contribution in [1.82, 2.24) is 24.4 Å². The van der Waals surface area contributed by atoms with Crippen molar-refractivity contribution in [1.29, 1.82) is 0 Å². The molecule has 0 aromatic carbocycles. The maximum atomic E-state index is 12.5. The fourth-order valence-corrected chi connectivity index (χ4v) is 3.37. The smallest absolute Gasteiger partial charge is 0.345 e. The second-order valence-electron chi connectivity index (χ2n) is 6.37. The van der Waals surface area contributed by atoms with Gasteiger partial charge in [-0.05, 0) is 19.8 Å². The number of aromatic amines is 1. The van der Waals surface area contributed by atoms with E-state index in [0.717, 1.165) is 18.7 Å². The summed E-state index contributed by atoms with van der Waals surface area (Å²) < 4.78 is 8.01. The largest absolute Gasteiger partial charge is 0.384 e. The van der Waals surface area contributed by atoms with Crippen molar-refractivity contribution in [3.8, 4) is 0 Å². The molecule has 1 aliphatic heterocycles. The van der Waals surface area contributed by atoms with Crippen LogP contribution in [0.3, 0.4) is 0 Å². The van der Waals surface area contributed by atoms with Crippen molar-refractivity contribution < 1.29 is 9.32 Å². The van der Waals surface area contributed by atoms with Crippen LogP contribution in [0.25, 0.3) is 0 Å². The Morgan fingerprint density at radius 2 is 2.24 bits per heavy atom. The van der Waals surface area contributed by atoms with E-state index in [-0.39, 0.29) is 29.5 Å². The Morgan fingerprint density at radius 3 is 2.92 bits per heavy atom. The second-order valence-corrected chi connectivity index (χ2v) is 6.37. The quantitative estimate of drug-likeness (QED) is 0.831. The molecule has 0 radical (unpaired) electrons. The summed E-state index contributed by atoms with van der Waals surface area (Å²) in [4.78, 5) is 37.4. The number of rotatable bonds is 5. The minimum atomic E-state index is -0.298. The van der Waals surface area contributed by atoms with Crippen molar-refractivity contribution in [3.63, 3.8) is 0 Å². The molecule has 2 aromatic heterocycles. The molecule has 1 aliphatic rings. The lowest BCUT2D eigenvalue weighted by Crippen LogP contribution is -2.40. The molecule has 136 valence electrons.